The molecule has 0 saturated carbocycles. The third-order valence-electron chi connectivity index (χ3n) is 2.93. The second-order valence-corrected chi connectivity index (χ2v) is 4.44. The van der Waals surface area contributed by atoms with Crippen LogP contribution in [-0.2, 0) is 0 Å². The van der Waals surface area contributed by atoms with Gasteiger partial charge in [-0.05, 0) is 24.3 Å². The highest BCUT2D eigenvalue weighted by molar-refractivity contribution is 5.47. The zero-order valence-corrected chi connectivity index (χ0v) is 10.8. The lowest BCUT2D eigenvalue weighted by Gasteiger charge is -2.26. The van der Waals surface area contributed by atoms with E-state index >= 15 is 0 Å². The Morgan fingerprint density at radius 2 is 1.95 bits per heavy atom. The van der Waals surface area contributed by atoms with Crippen LogP contribution < -0.4 is 19.7 Å². The van der Waals surface area contributed by atoms with Crippen LogP contribution >= 0.6 is 0 Å². The molecular weight excluding hydrogens is 258 g/mol. The van der Waals surface area contributed by atoms with E-state index in [0.29, 0.717) is 30.4 Å². The molecule has 104 valence electrons. The maximum atomic E-state index is 8.67. The van der Waals surface area contributed by atoms with Crippen molar-refractivity contribution in [2.75, 3.05) is 13.2 Å². The molecule has 2 N–H and O–H groups in total. The van der Waals surface area contributed by atoms with E-state index in [-0.39, 0.29) is 6.10 Å². The highest BCUT2D eigenvalue weighted by Gasteiger charge is 2.21. The summed E-state index contributed by atoms with van der Waals surface area (Å²) in [4.78, 5) is 0. The summed E-state index contributed by atoms with van der Waals surface area (Å²) in [6.07, 6.45) is -0.201. The Hall–Kier alpha value is -2.24. The molecule has 3 rings (SSSR count). The van der Waals surface area contributed by atoms with E-state index in [1.54, 1.807) is 12.1 Å². The first kappa shape index (κ1) is 12.8. The first-order valence-electron chi connectivity index (χ1n) is 6.38. The van der Waals surface area contributed by atoms with Crippen molar-refractivity contribution in [2.45, 2.75) is 6.10 Å². The van der Waals surface area contributed by atoms with E-state index < -0.39 is 0 Å². The van der Waals surface area contributed by atoms with Gasteiger partial charge in [0.15, 0.2) is 11.5 Å². The van der Waals surface area contributed by atoms with E-state index in [0.717, 1.165) is 5.75 Å². The molecule has 1 aliphatic heterocycles. The third-order valence-corrected chi connectivity index (χ3v) is 2.93. The van der Waals surface area contributed by atoms with Gasteiger partial charge in [0.2, 0.25) is 0 Å². The molecular formula is C15H15NO4. The number of hydrogen-bond donors (Lipinski definition) is 2. The van der Waals surface area contributed by atoms with E-state index in [1.165, 1.54) is 0 Å². The van der Waals surface area contributed by atoms with Gasteiger partial charge in [-0.2, -0.15) is 0 Å². The average molecular weight is 273 g/mol. The fourth-order valence-electron chi connectivity index (χ4n) is 1.99. The van der Waals surface area contributed by atoms with Gasteiger partial charge in [-0.15, -0.1) is 0 Å². The molecule has 2 aromatic carbocycles. The molecule has 0 saturated heterocycles. The van der Waals surface area contributed by atoms with Crippen molar-refractivity contribution in [3.63, 3.8) is 0 Å². The summed E-state index contributed by atoms with van der Waals surface area (Å²) in [6, 6.07) is 15.0. The largest absolute Gasteiger partial charge is 0.486 e. The summed E-state index contributed by atoms with van der Waals surface area (Å²) in [7, 11) is 0. The molecule has 1 atom stereocenters. The Morgan fingerprint density at radius 1 is 1.10 bits per heavy atom. The van der Waals surface area contributed by atoms with Crippen LogP contribution in [0.1, 0.15) is 0 Å². The van der Waals surface area contributed by atoms with Gasteiger partial charge in [0.05, 0.1) is 6.54 Å². The van der Waals surface area contributed by atoms with E-state index in [4.69, 9.17) is 19.4 Å². The van der Waals surface area contributed by atoms with Gasteiger partial charge in [-0.25, -0.2) is 5.48 Å². The van der Waals surface area contributed by atoms with Crippen LogP contribution in [0.25, 0.3) is 0 Å². The van der Waals surface area contributed by atoms with Crippen molar-refractivity contribution in [1.82, 2.24) is 5.48 Å². The molecule has 2 aromatic rings. The molecule has 0 amide bonds. The monoisotopic (exact) mass is 273 g/mol. The maximum absolute atomic E-state index is 8.67. The van der Waals surface area contributed by atoms with E-state index in [2.05, 4.69) is 5.48 Å². The van der Waals surface area contributed by atoms with Gasteiger partial charge in [0.1, 0.15) is 24.2 Å². The normalized spacial score (nSPS) is 16.8. The Labute approximate surface area is 116 Å². The average Bonchev–Trinajstić information content (AvgIpc) is 2.49. The second kappa shape index (κ2) is 5.81. The van der Waals surface area contributed by atoms with Crippen molar-refractivity contribution in [3.8, 4) is 23.0 Å². The summed E-state index contributed by atoms with van der Waals surface area (Å²) in [5.74, 6) is 2.76. The lowest BCUT2D eigenvalue weighted by Crippen LogP contribution is -2.37. The SMILES string of the molecule is ONCC1COc2cc(Oc3ccccc3)ccc2O1. The second-order valence-electron chi connectivity index (χ2n) is 4.44. The predicted molar refractivity (Wildman–Crippen MR) is 72.7 cm³/mol. The minimum Gasteiger partial charge on any atom is -0.486 e. The molecule has 20 heavy (non-hydrogen) atoms. The van der Waals surface area contributed by atoms with Gasteiger partial charge in [-0.1, -0.05) is 18.2 Å². The fourth-order valence-corrected chi connectivity index (χ4v) is 1.99. The van der Waals surface area contributed by atoms with Crippen molar-refractivity contribution in [3.05, 3.63) is 48.5 Å². The van der Waals surface area contributed by atoms with Gasteiger partial charge in [0, 0.05) is 6.07 Å². The standard InChI is InChI=1S/C15H15NO4/c17-16-9-13-10-18-15-8-12(6-7-14(15)20-13)19-11-4-2-1-3-5-11/h1-8,13,16-17H,9-10H2. The van der Waals surface area contributed by atoms with Crippen molar-refractivity contribution < 1.29 is 19.4 Å². The molecule has 5 heteroatoms. The topological polar surface area (TPSA) is 60.0 Å². The summed E-state index contributed by atoms with van der Waals surface area (Å²) in [6.45, 7) is 0.705. The molecule has 0 radical (unpaired) electrons. The van der Waals surface area contributed by atoms with Crippen molar-refractivity contribution in [1.29, 1.82) is 0 Å². The highest BCUT2D eigenvalue weighted by Crippen LogP contribution is 2.36. The molecule has 1 aliphatic rings. The quantitative estimate of drug-likeness (QED) is 0.838. The molecule has 0 fully saturated rings. The Bertz CT molecular complexity index is 573. The lowest BCUT2D eigenvalue weighted by atomic mass is 10.2. The van der Waals surface area contributed by atoms with Crippen LogP contribution in [0.15, 0.2) is 48.5 Å². The highest BCUT2D eigenvalue weighted by atomic mass is 16.6. The number of rotatable bonds is 4. The smallest absolute Gasteiger partial charge is 0.165 e. The number of hydroxylamine groups is 1. The minimum atomic E-state index is -0.201. The zero-order chi connectivity index (χ0) is 13.8. The predicted octanol–water partition coefficient (Wildman–Crippen LogP) is 2.60. The Balaban J connectivity index is 1.74. The van der Waals surface area contributed by atoms with Crippen molar-refractivity contribution >= 4 is 0 Å². The summed E-state index contributed by atoms with van der Waals surface area (Å²) in [5, 5.41) is 8.67. The molecule has 0 spiro atoms. The molecule has 1 heterocycles. The minimum absolute atomic E-state index is 0.201. The first-order chi connectivity index (χ1) is 9.85. The molecule has 0 aromatic heterocycles. The van der Waals surface area contributed by atoms with Crippen LogP contribution in [0.2, 0.25) is 0 Å². The third kappa shape index (κ3) is 2.84. The number of hydrogen-bond acceptors (Lipinski definition) is 5. The van der Waals surface area contributed by atoms with Crippen LogP contribution in [0.4, 0.5) is 0 Å². The van der Waals surface area contributed by atoms with Gasteiger partial charge < -0.3 is 19.4 Å². The lowest BCUT2D eigenvalue weighted by molar-refractivity contribution is 0.0525. The Kier molecular flexibility index (Phi) is 3.71. The van der Waals surface area contributed by atoms with E-state index in [1.807, 2.05) is 36.4 Å². The number of fused-ring (bicyclic) bond motifs is 1. The molecule has 0 aliphatic carbocycles. The number of nitrogens with one attached hydrogen (secondary N) is 1. The molecule has 1 unspecified atom stereocenters. The number of benzene rings is 2. The summed E-state index contributed by atoms with van der Waals surface area (Å²) >= 11 is 0. The fraction of sp³-hybridized carbons (Fsp3) is 0.200. The van der Waals surface area contributed by atoms with Crippen molar-refractivity contribution in [2.24, 2.45) is 0 Å². The van der Waals surface area contributed by atoms with E-state index in [9.17, 15) is 0 Å². The van der Waals surface area contributed by atoms with Crippen LogP contribution in [0, 0.1) is 0 Å². The summed E-state index contributed by atoms with van der Waals surface area (Å²) in [5.41, 5.74) is 2.08. The molecule has 5 nitrogen and oxygen atoms in total. The number of ether oxygens (including phenoxy) is 3. The summed E-state index contributed by atoms with van der Waals surface area (Å²) < 4.78 is 17.0. The van der Waals surface area contributed by atoms with Gasteiger partial charge >= 0.3 is 0 Å². The van der Waals surface area contributed by atoms with Crippen LogP contribution in [-0.4, -0.2) is 24.5 Å². The van der Waals surface area contributed by atoms with Crippen LogP contribution in [0.5, 0.6) is 23.0 Å². The number of para-hydroxylation sites is 1. The maximum Gasteiger partial charge on any atom is 0.165 e. The van der Waals surface area contributed by atoms with Gasteiger partial charge in [-0.3, -0.25) is 0 Å². The van der Waals surface area contributed by atoms with Crippen LogP contribution in [0.3, 0.4) is 0 Å². The van der Waals surface area contributed by atoms with Gasteiger partial charge in [0.25, 0.3) is 0 Å². The zero-order valence-electron chi connectivity index (χ0n) is 10.8. The molecule has 0 bridgehead atoms. The Morgan fingerprint density at radius 3 is 2.75 bits per heavy atom. The first-order valence-corrected chi connectivity index (χ1v) is 6.38.